The molecule has 0 saturated carbocycles. The number of aromatic nitrogens is 1. The van der Waals surface area contributed by atoms with E-state index >= 15 is 0 Å². The molecule has 0 saturated heterocycles. The summed E-state index contributed by atoms with van der Waals surface area (Å²) in [7, 11) is 1.34. The third-order valence-corrected chi connectivity index (χ3v) is 5.02. The van der Waals surface area contributed by atoms with Crippen molar-refractivity contribution < 1.29 is 14.3 Å². The van der Waals surface area contributed by atoms with Crippen LogP contribution in [0.4, 0.5) is 11.5 Å². The van der Waals surface area contributed by atoms with E-state index in [1.807, 2.05) is 23.1 Å². The van der Waals surface area contributed by atoms with Crippen molar-refractivity contribution in [2.75, 3.05) is 19.0 Å². The normalized spacial score (nSPS) is 12.8. The number of para-hydroxylation sites is 1. The highest BCUT2D eigenvalue weighted by molar-refractivity contribution is 5.96. The molecule has 6 heteroatoms. The number of esters is 1. The highest BCUT2D eigenvalue weighted by Gasteiger charge is 2.21. The predicted octanol–water partition coefficient (Wildman–Crippen LogP) is 3.81. The molecule has 3 aromatic rings. The number of benzene rings is 2. The number of pyridine rings is 1. The molecular formula is C23H21N3O3. The molecule has 0 atom stereocenters. The van der Waals surface area contributed by atoms with Crippen molar-refractivity contribution in [3.05, 3.63) is 89.1 Å². The first kappa shape index (κ1) is 18.7. The SMILES string of the molecule is COC(=O)c1ccccc1Nc1ccc(C(=O)N2CCc3ccccc3C2)cn1. The summed E-state index contributed by atoms with van der Waals surface area (Å²) in [5.74, 6) is 0.0840. The lowest BCUT2D eigenvalue weighted by Gasteiger charge is -2.28. The van der Waals surface area contributed by atoms with Crippen LogP contribution in [0.5, 0.6) is 0 Å². The van der Waals surface area contributed by atoms with E-state index in [4.69, 9.17) is 4.74 Å². The number of methoxy groups -OCH3 is 1. The Balaban J connectivity index is 1.48. The smallest absolute Gasteiger partial charge is 0.339 e. The molecule has 0 fully saturated rings. The Hall–Kier alpha value is -3.67. The van der Waals surface area contributed by atoms with Gasteiger partial charge in [0.1, 0.15) is 5.82 Å². The Morgan fingerprint density at radius 2 is 1.76 bits per heavy atom. The Labute approximate surface area is 169 Å². The molecule has 4 rings (SSSR count). The van der Waals surface area contributed by atoms with E-state index in [1.165, 1.54) is 18.2 Å². The number of nitrogens with zero attached hydrogens (tertiary/aromatic N) is 2. The zero-order chi connectivity index (χ0) is 20.2. The number of amides is 1. The average Bonchev–Trinajstić information content (AvgIpc) is 2.78. The number of rotatable bonds is 4. The van der Waals surface area contributed by atoms with Crippen LogP contribution in [0.15, 0.2) is 66.9 Å². The van der Waals surface area contributed by atoms with Crippen LogP contribution in [0, 0.1) is 0 Å². The first-order valence-electron chi connectivity index (χ1n) is 9.42. The number of hydrogen-bond acceptors (Lipinski definition) is 5. The monoisotopic (exact) mass is 387 g/mol. The van der Waals surface area contributed by atoms with Crippen molar-refractivity contribution in [1.82, 2.24) is 9.88 Å². The zero-order valence-electron chi connectivity index (χ0n) is 16.1. The summed E-state index contributed by atoms with van der Waals surface area (Å²) in [6.07, 6.45) is 2.42. The van der Waals surface area contributed by atoms with E-state index in [2.05, 4.69) is 22.4 Å². The molecule has 29 heavy (non-hydrogen) atoms. The van der Waals surface area contributed by atoms with Crippen LogP contribution >= 0.6 is 0 Å². The second-order valence-electron chi connectivity index (χ2n) is 6.84. The highest BCUT2D eigenvalue weighted by Crippen LogP contribution is 2.22. The summed E-state index contributed by atoms with van der Waals surface area (Å²) >= 11 is 0. The topological polar surface area (TPSA) is 71.5 Å². The van der Waals surface area contributed by atoms with Gasteiger partial charge in [0.25, 0.3) is 5.91 Å². The van der Waals surface area contributed by atoms with Crippen LogP contribution in [0.1, 0.15) is 31.8 Å². The maximum Gasteiger partial charge on any atom is 0.339 e. The first-order valence-corrected chi connectivity index (χ1v) is 9.42. The minimum absolute atomic E-state index is 0.0338. The van der Waals surface area contributed by atoms with Gasteiger partial charge in [0, 0.05) is 19.3 Å². The average molecular weight is 387 g/mol. The molecule has 0 radical (unpaired) electrons. The largest absolute Gasteiger partial charge is 0.465 e. The van der Waals surface area contributed by atoms with Gasteiger partial charge >= 0.3 is 5.97 Å². The first-order chi connectivity index (χ1) is 14.2. The number of fused-ring (bicyclic) bond motifs is 1. The minimum Gasteiger partial charge on any atom is -0.465 e. The standard InChI is InChI=1S/C23H21N3O3/c1-29-23(28)19-8-4-5-9-20(19)25-21-11-10-17(14-24-21)22(27)26-13-12-16-6-2-3-7-18(16)15-26/h2-11,14H,12-13,15H2,1H3,(H,24,25). The Morgan fingerprint density at radius 1 is 1.00 bits per heavy atom. The van der Waals surface area contributed by atoms with Crippen LogP contribution in [-0.4, -0.2) is 35.4 Å². The van der Waals surface area contributed by atoms with Gasteiger partial charge in [-0.3, -0.25) is 4.79 Å². The lowest BCUT2D eigenvalue weighted by molar-refractivity contribution is 0.0601. The van der Waals surface area contributed by atoms with Crippen molar-refractivity contribution in [3.8, 4) is 0 Å². The summed E-state index contributed by atoms with van der Waals surface area (Å²) in [6.45, 7) is 1.31. The van der Waals surface area contributed by atoms with E-state index in [1.54, 1.807) is 36.5 Å². The number of carbonyl (C=O) groups is 2. The molecule has 0 spiro atoms. The fourth-order valence-electron chi connectivity index (χ4n) is 3.46. The lowest BCUT2D eigenvalue weighted by Crippen LogP contribution is -2.35. The molecule has 0 aliphatic carbocycles. The highest BCUT2D eigenvalue weighted by atomic mass is 16.5. The van der Waals surface area contributed by atoms with Crippen molar-refractivity contribution >= 4 is 23.4 Å². The molecule has 1 amide bonds. The summed E-state index contributed by atoms with van der Waals surface area (Å²) in [5.41, 5.74) is 4.05. The van der Waals surface area contributed by atoms with Crippen molar-refractivity contribution in [3.63, 3.8) is 0 Å². The van der Waals surface area contributed by atoms with Crippen molar-refractivity contribution in [1.29, 1.82) is 0 Å². The van der Waals surface area contributed by atoms with Crippen molar-refractivity contribution in [2.45, 2.75) is 13.0 Å². The van der Waals surface area contributed by atoms with E-state index in [-0.39, 0.29) is 5.91 Å². The lowest BCUT2D eigenvalue weighted by atomic mass is 9.99. The maximum absolute atomic E-state index is 12.9. The fraction of sp³-hybridized carbons (Fsp3) is 0.174. The summed E-state index contributed by atoms with van der Waals surface area (Å²) < 4.78 is 4.81. The Bertz CT molecular complexity index is 1050. The second-order valence-corrected chi connectivity index (χ2v) is 6.84. The molecule has 1 aliphatic heterocycles. The van der Waals surface area contributed by atoms with Gasteiger partial charge in [-0.15, -0.1) is 0 Å². The summed E-state index contributed by atoms with van der Waals surface area (Å²) in [6, 6.07) is 18.7. The molecule has 6 nitrogen and oxygen atoms in total. The van der Waals surface area contributed by atoms with E-state index < -0.39 is 5.97 Å². The molecule has 1 N–H and O–H groups in total. The number of hydrogen-bond donors (Lipinski definition) is 1. The summed E-state index contributed by atoms with van der Waals surface area (Å²) in [4.78, 5) is 31.0. The van der Waals surface area contributed by atoms with Gasteiger partial charge < -0.3 is 15.0 Å². The van der Waals surface area contributed by atoms with Crippen molar-refractivity contribution in [2.24, 2.45) is 0 Å². The molecule has 1 aliphatic rings. The third kappa shape index (κ3) is 3.96. The van der Waals surface area contributed by atoms with Crippen LogP contribution in [0.2, 0.25) is 0 Å². The van der Waals surface area contributed by atoms with Gasteiger partial charge in [0.15, 0.2) is 0 Å². The molecule has 2 aromatic carbocycles. The quantitative estimate of drug-likeness (QED) is 0.690. The van der Waals surface area contributed by atoms with Gasteiger partial charge in [-0.2, -0.15) is 0 Å². The molecule has 1 aromatic heterocycles. The fourth-order valence-corrected chi connectivity index (χ4v) is 3.46. The van der Waals surface area contributed by atoms with Gasteiger partial charge in [-0.05, 0) is 41.8 Å². The summed E-state index contributed by atoms with van der Waals surface area (Å²) in [5, 5.41) is 3.11. The van der Waals surface area contributed by atoms with Gasteiger partial charge in [-0.1, -0.05) is 36.4 Å². The third-order valence-electron chi connectivity index (χ3n) is 5.02. The minimum atomic E-state index is -0.426. The van der Waals surface area contributed by atoms with Crippen LogP contribution in [-0.2, 0) is 17.7 Å². The maximum atomic E-state index is 12.9. The Kier molecular flexibility index (Phi) is 5.24. The molecule has 0 unspecified atom stereocenters. The zero-order valence-corrected chi connectivity index (χ0v) is 16.1. The Morgan fingerprint density at radius 3 is 2.52 bits per heavy atom. The molecule has 0 bridgehead atoms. The molecular weight excluding hydrogens is 366 g/mol. The number of nitrogens with one attached hydrogen (secondary N) is 1. The van der Waals surface area contributed by atoms with Crippen LogP contribution in [0.25, 0.3) is 0 Å². The van der Waals surface area contributed by atoms with Gasteiger partial charge in [0.05, 0.1) is 23.9 Å². The predicted molar refractivity (Wildman–Crippen MR) is 110 cm³/mol. The molecule has 2 heterocycles. The number of ether oxygens (including phenoxy) is 1. The van der Waals surface area contributed by atoms with Crippen LogP contribution in [0.3, 0.4) is 0 Å². The van der Waals surface area contributed by atoms with Gasteiger partial charge in [0.2, 0.25) is 0 Å². The molecule has 146 valence electrons. The number of carbonyl (C=O) groups excluding carboxylic acids is 2. The van der Waals surface area contributed by atoms with Crippen LogP contribution < -0.4 is 5.32 Å². The second kappa shape index (κ2) is 8.14. The van der Waals surface area contributed by atoms with Gasteiger partial charge in [-0.25, -0.2) is 9.78 Å². The number of anilines is 2. The van der Waals surface area contributed by atoms with E-state index in [9.17, 15) is 9.59 Å². The van der Waals surface area contributed by atoms with E-state index in [0.29, 0.717) is 35.7 Å². The van der Waals surface area contributed by atoms with E-state index in [0.717, 1.165) is 6.42 Å².